The SMILES string of the molecule is CCOC(N)[C]=O. The van der Waals surface area contributed by atoms with Crippen molar-refractivity contribution in [1.29, 1.82) is 0 Å². The van der Waals surface area contributed by atoms with E-state index in [2.05, 4.69) is 4.74 Å². The quantitative estimate of drug-likeness (QED) is 0.485. The molecule has 0 saturated carbocycles. The molecule has 0 bridgehead atoms. The molecule has 0 rings (SSSR count). The minimum Gasteiger partial charge on any atom is -0.356 e. The van der Waals surface area contributed by atoms with Crippen LogP contribution in [0, 0.1) is 0 Å². The Morgan fingerprint density at radius 2 is 2.57 bits per heavy atom. The fourth-order valence-electron chi connectivity index (χ4n) is 0.214. The third-order valence-corrected chi connectivity index (χ3v) is 0.462. The number of carbonyl (C=O) groups excluding carboxylic acids is 1. The highest BCUT2D eigenvalue weighted by Gasteiger charge is 1.94. The van der Waals surface area contributed by atoms with E-state index in [1.807, 2.05) is 0 Å². The van der Waals surface area contributed by atoms with Crippen molar-refractivity contribution in [3.63, 3.8) is 0 Å². The van der Waals surface area contributed by atoms with Crippen LogP contribution in [0.5, 0.6) is 0 Å². The molecular formula is C4H8NO2. The van der Waals surface area contributed by atoms with Gasteiger partial charge in [-0.15, -0.1) is 0 Å². The molecule has 3 nitrogen and oxygen atoms in total. The summed E-state index contributed by atoms with van der Waals surface area (Å²) in [4.78, 5) is 9.52. The van der Waals surface area contributed by atoms with Crippen molar-refractivity contribution in [3.05, 3.63) is 0 Å². The smallest absolute Gasteiger partial charge is 0.245 e. The van der Waals surface area contributed by atoms with Crippen LogP contribution in [0.3, 0.4) is 0 Å². The van der Waals surface area contributed by atoms with Crippen molar-refractivity contribution in [2.45, 2.75) is 13.2 Å². The summed E-state index contributed by atoms with van der Waals surface area (Å²) < 4.78 is 4.55. The van der Waals surface area contributed by atoms with Crippen molar-refractivity contribution in [2.24, 2.45) is 5.73 Å². The van der Waals surface area contributed by atoms with Crippen molar-refractivity contribution in [2.75, 3.05) is 6.61 Å². The van der Waals surface area contributed by atoms with Gasteiger partial charge < -0.3 is 4.74 Å². The van der Waals surface area contributed by atoms with Crippen LogP contribution in [0.4, 0.5) is 0 Å². The lowest BCUT2D eigenvalue weighted by Crippen LogP contribution is -2.24. The van der Waals surface area contributed by atoms with Crippen LogP contribution in [0.25, 0.3) is 0 Å². The van der Waals surface area contributed by atoms with Crippen molar-refractivity contribution in [1.82, 2.24) is 0 Å². The Balaban J connectivity index is 2.98. The summed E-state index contributed by atoms with van der Waals surface area (Å²) in [5, 5.41) is 0. The normalized spacial score (nSPS) is 13.4. The molecule has 41 valence electrons. The molecule has 0 aliphatic heterocycles. The molecule has 0 spiro atoms. The number of hydrogen-bond donors (Lipinski definition) is 1. The zero-order valence-corrected chi connectivity index (χ0v) is 4.18. The number of ether oxygens (including phenoxy) is 1. The Labute approximate surface area is 42.4 Å². The molecule has 0 aromatic carbocycles. The number of rotatable bonds is 3. The predicted octanol–water partition coefficient (Wildman–Crippen LogP) is -0.583. The van der Waals surface area contributed by atoms with Gasteiger partial charge in [-0.3, -0.25) is 10.5 Å². The standard InChI is InChI=1S/C4H8NO2/c1-2-7-4(5)3-6/h4H,2,5H2,1H3. The van der Waals surface area contributed by atoms with E-state index in [9.17, 15) is 4.79 Å². The van der Waals surface area contributed by atoms with Crippen LogP contribution in [0.2, 0.25) is 0 Å². The Bertz CT molecular complexity index is 55.7. The lowest BCUT2D eigenvalue weighted by Gasteiger charge is -1.98. The average molecular weight is 102 g/mol. The molecule has 3 heteroatoms. The molecule has 0 fully saturated rings. The van der Waals surface area contributed by atoms with E-state index in [-0.39, 0.29) is 0 Å². The summed E-state index contributed by atoms with van der Waals surface area (Å²) in [6.45, 7) is 2.22. The van der Waals surface area contributed by atoms with E-state index >= 15 is 0 Å². The Morgan fingerprint density at radius 1 is 2.00 bits per heavy atom. The fourth-order valence-corrected chi connectivity index (χ4v) is 0.214. The third kappa shape index (κ3) is 3.42. The molecule has 1 radical (unpaired) electrons. The molecule has 0 aliphatic rings. The minimum absolute atomic E-state index is 0.455. The van der Waals surface area contributed by atoms with E-state index in [0.717, 1.165) is 0 Å². The summed E-state index contributed by atoms with van der Waals surface area (Å²) in [7, 11) is 0. The maximum atomic E-state index is 9.52. The van der Waals surface area contributed by atoms with Gasteiger partial charge in [0.2, 0.25) is 6.29 Å². The lowest BCUT2D eigenvalue weighted by atomic mass is 10.7. The zero-order chi connectivity index (χ0) is 5.70. The Hall–Kier alpha value is -0.410. The molecule has 0 saturated heterocycles. The average Bonchev–Trinajstić information content (AvgIpc) is 1.68. The van der Waals surface area contributed by atoms with E-state index in [1.54, 1.807) is 6.92 Å². The van der Waals surface area contributed by atoms with Crippen molar-refractivity contribution in [3.8, 4) is 0 Å². The Kier molecular flexibility index (Phi) is 3.55. The fraction of sp³-hybridized carbons (Fsp3) is 0.750. The molecule has 0 aliphatic carbocycles. The molecule has 7 heavy (non-hydrogen) atoms. The monoisotopic (exact) mass is 102 g/mol. The van der Waals surface area contributed by atoms with Gasteiger partial charge in [0, 0.05) is 6.61 Å². The van der Waals surface area contributed by atoms with E-state index in [0.29, 0.717) is 6.61 Å². The molecular weight excluding hydrogens is 94.0 g/mol. The second kappa shape index (κ2) is 3.77. The number of hydrogen-bond acceptors (Lipinski definition) is 3. The highest BCUT2D eigenvalue weighted by atomic mass is 16.5. The molecule has 0 aromatic heterocycles. The van der Waals surface area contributed by atoms with Gasteiger partial charge in [0.25, 0.3) is 0 Å². The number of nitrogens with two attached hydrogens (primary N) is 1. The summed E-state index contributed by atoms with van der Waals surface area (Å²) in [5.74, 6) is 0. The summed E-state index contributed by atoms with van der Waals surface area (Å²) in [5.41, 5.74) is 4.94. The van der Waals surface area contributed by atoms with Crippen molar-refractivity contribution < 1.29 is 9.53 Å². The first-order valence-corrected chi connectivity index (χ1v) is 2.06. The summed E-state index contributed by atoms with van der Waals surface area (Å²) >= 11 is 0. The van der Waals surface area contributed by atoms with Gasteiger partial charge in [0.05, 0.1) is 0 Å². The zero-order valence-electron chi connectivity index (χ0n) is 4.18. The van der Waals surface area contributed by atoms with E-state index in [4.69, 9.17) is 5.73 Å². The second-order valence-corrected chi connectivity index (χ2v) is 0.994. The van der Waals surface area contributed by atoms with Crippen LogP contribution in [0.15, 0.2) is 0 Å². The van der Waals surface area contributed by atoms with E-state index < -0.39 is 6.23 Å². The minimum atomic E-state index is -0.856. The summed E-state index contributed by atoms with van der Waals surface area (Å²) in [6.07, 6.45) is 0.615. The van der Waals surface area contributed by atoms with Crippen LogP contribution in [-0.2, 0) is 9.53 Å². The van der Waals surface area contributed by atoms with Gasteiger partial charge in [0.15, 0.2) is 6.23 Å². The third-order valence-electron chi connectivity index (χ3n) is 0.462. The van der Waals surface area contributed by atoms with Gasteiger partial charge in [-0.2, -0.15) is 0 Å². The van der Waals surface area contributed by atoms with Crippen LogP contribution in [0.1, 0.15) is 6.92 Å². The van der Waals surface area contributed by atoms with Crippen molar-refractivity contribution >= 4 is 6.29 Å². The maximum Gasteiger partial charge on any atom is 0.245 e. The van der Waals surface area contributed by atoms with Crippen LogP contribution >= 0.6 is 0 Å². The Morgan fingerprint density at radius 3 is 2.71 bits per heavy atom. The molecule has 2 N–H and O–H groups in total. The first-order valence-electron chi connectivity index (χ1n) is 2.06. The topological polar surface area (TPSA) is 52.3 Å². The largest absolute Gasteiger partial charge is 0.356 e. The van der Waals surface area contributed by atoms with Gasteiger partial charge in [0.1, 0.15) is 0 Å². The highest BCUT2D eigenvalue weighted by molar-refractivity contribution is 5.55. The summed E-state index contributed by atoms with van der Waals surface area (Å²) in [6, 6.07) is 0. The van der Waals surface area contributed by atoms with Gasteiger partial charge >= 0.3 is 0 Å². The molecule has 0 heterocycles. The van der Waals surface area contributed by atoms with Crippen LogP contribution in [-0.4, -0.2) is 19.1 Å². The van der Waals surface area contributed by atoms with Gasteiger partial charge in [-0.1, -0.05) is 0 Å². The first-order chi connectivity index (χ1) is 3.31. The predicted molar refractivity (Wildman–Crippen MR) is 25.3 cm³/mol. The highest BCUT2D eigenvalue weighted by Crippen LogP contribution is 1.72. The first kappa shape index (κ1) is 6.59. The van der Waals surface area contributed by atoms with Crippen LogP contribution < -0.4 is 5.73 Å². The maximum absolute atomic E-state index is 9.52. The molecule has 1 unspecified atom stereocenters. The van der Waals surface area contributed by atoms with Gasteiger partial charge in [-0.05, 0) is 6.92 Å². The lowest BCUT2D eigenvalue weighted by molar-refractivity contribution is 0.112. The van der Waals surface area contributed by atoms with E-state index in [1.165, 1.54) is 6.29 Å². The molecule has 0 amide bonds. The molecule has 0 aromatic rings. The molecule has 1 atom stereocenters. The van der Waals surface area contributed by atoms with Gasteiger partial charge in [-0.25, -0.2) is 0 Å². The second-order valence-electron chi connectivity index (χ2n) is 0.994.